The summed E-state index contributed by atoms with van der Waals surface area (Å²) in [5.41, 5.74) is 0.714. The van der Waals surface area contributed by atoms with E-state index >= 15 is 0 Å². The molecule has 0 fully saturated rings. The molecule has 0 saturated heterocycles. The predicted molar refractivity (Wildman–Crippen MR) is 111 cm³/mol. The van der Waals surface area contributed by atoms with E-state index < -0.39 is 10.1 Å². The highest BCUT2D eigenvalue weighted by Crippen LogP contribution is 2.33. The van der Waals surface area contributed by atoms with E-state index in [1.54, 1.807) is 24.3 Å². The van der Waals surface area contributed by atoms with Crippen molar-refractivity contribution >= 4 is 10.1 Å². The molecule has 0 saturated carbocycles. The predicted octanol–water partition coefficient (Wildman–Crippen LogP) is 6.11. The fourth-order valence-electron chi connectivity index (χ4n) is 3.16. The van der Waals surface area contributed by atoms with Crippen molar-refractivity contribution in [2.75, 3.05) is 0 Å². The van der Waals surface area contributed by atoms with E-state index in [2.05, 4.69) is 6.92 Å². The van der Waals surface area contributed by atoms with Crippen LogP contribution in [0.15, 0.2) is 47.4 Å². The van der Waals surface area contributed by atoms with E-state index in [9.17, 15) is 18.1 Å². The quantitative estimate of drug-likeness (QED) is 0.328. The number of phenols is 1. The SMILES string of the molecule is CCCCCCCCCCc1c(O)cccc1Oc1cccc(S(=O)(=O)O)c1. The first-order valence-corrected chi connectivity index (χ1v) is 11.4. The van der Waals surface area contributed by atoms with Crippen molar-refractivity contribution in [1.29, 1.82) is 0 Å². The third kappa shape index (κ3) is 7.17. The molecule has 0 amide bonds. The van der Waals surface area contributed by atoms with Crippen LogP contribution >= 0.6 is 0 Å². The minimum absolute atomic E-state index is 0.173. The van der Waals surface area contributed by atoms with Gasteiger partial charge in [0.05, 0.1) is 4.90 Å². The van der Waals surface area contributed by atoms with Crippen molar-refractivity contribution in [1.82, 2.24) is 0 Å². The van der Waals surface area contributed by atoms with Gasteiger partial charge in [0.1, 0.15) is 17.2 Å². The monoisotopic (exact) mass is 406 g/mol. The second-order valence-corrected chi connectivity index (χ2v) is 8.45. The van der Waals surface area contributed by atoms with Crippen LogP contribution in [0.2, 0.25) is 0 Å². The van der Waals surface area contributed by atoms with Crippen LogP contribution in [0.1, 0.15) is 63.9 Å². The van der Waals surface area contributed by atoms with Gasteiger partial charge in [-0.2, -0.15) is 8.42 Å². The zero-order valence-corrected chi connectivity index (χ0v) is 17.2. The van der Waals surface area contributed by atoms with Gasteiger partial charge in [-0.3, -0.25) is 4.55 Å². The van der Waals surface area contributed by atoms with Crippen LogP contribution in [-0.2, 0) is 16.5 Å². The van der Waals surface area contributed by atoms with Gasteiger partial charge in [0.25, 0.3) is 10.1 Å². The Balaban J connectivity index is 1.96. The Morgan fingerprint density at radius 2 is 1.54 bits per heavy atom. The number of hydrogen-bond acceptors (Lipinski definition) is 4. The third-order valence-electron chi connectivity index (χ3n) is 4.72. The molecule has 2 aromatic rings. The fourth-order valence-corrected chi connectivity index (χ4v) is 3.68. The van der Waals surface area contributed by atoms with Gasteiger partial charge in [0.2, 0.25) is 0 Å². The Morgan fingerprint density at radius 3 is 2.21 bits per heavy atom. The minimum Gasteiger partial charge on any atom is -0.508 e. The molecule has 0 heterocycles. The van der Waals surface area contributed by atoms with Gasteiger partial charge in [-0.1, -0.05) is 64.0 Å². The lowest BCUT2D eigenvalue weighted by Crippen LogP contribution is -1.99. The van der Waals surface area contributed by atoms with Crippen molar-refractivity contribution in [3.8, 4) is 17.2 Å². The summed E-state index contributed by atoms with van der Waals surface area (Å²) in [6.07, 6.45) is 10.3. The highest BCUT2D eigenvalue weighted by atomic mass is 32.2. The van der Waals surface area contributed by atoms with E-state index in [4.69, 9.17) is 4.74 Å². The lowest BCUT2D eigenvalue weighted by Gasteiger charge is -2.13. The van der Waals surface area contributed by atoms with E-state index in [1.165, 1.54) is 56.7 Å². The summed E-state index contributed by atoms with van der Waals surface area (Å²) in [6, 6.07) is 10.7. The summed E-state index contributed by atoms with van der Waals surface area (Å²) >= 11 is 0. The standard InChI is InChI=1S/C22H30O5S/c1-2-3-4-5-6-7-8-9-14-20-21(23)15-11-16-22(20)27-18-12-10-13-19(17-18)28(24,25)26/h10-13,15-17,23H,2-9,14H2,1H3,(H,24,25,26). The molecule has 0 aliphatic carbocycles. The summed E-state index contributed by atoms with van der Waals surface area (Å²) in [5, 5.41) is 10.2. The first kappa shape index (κ1) is 22.2. The van der Waals surface area contributed by atoms with E-state index in [-0.39, 0.29) is 16.4 Å². The number of aromatic hydroxyl groups is 1. The average Bonchev–Trinajstić information content (AvgIpc) is 2.65. The maximum absolute atomic E-state index is 11.3. The van der Waals surface area contributed by atoms with Gasteiger partial charge in [0.15, 0.2) is 0 Å². The van der Waals surface area contributed by atoms with Gasteiger partial charge in [-0.25, -0.2) is 0 Å². The number of hydrogen-bond donors (Lipinski definition) is 2. The van der Waals surface area contributed by atoms with Crippen LogP contribution in [0.3, 0.4) is 0 Å². The molecule has 2 rings (SSSR count). The number of rotatable bonds is 12. The number of unbranched alkanes of at least 4 members (excludes halogenated alkanes) is 7. The second-order valence-electron chi connectivity index (χ2n) is 7.03. The molecule has 6 heteroatoms. The minimum atomic E-state index is -4.29. The molecule has 0 aliphatic rings. The van der Waals surface area contributed by atoms with Crippen molar-refractivity contribution in [2.24, 2.45) is 0 Å². The van der Waals surface area contributed by atoms with Crippen molar-refractivity contribution in [3.63, 3.8) is 0 Å². The number of ether oxygens (including phenoxy) is 1. The molecule has 154 valence electrons. The van der Waals surface area contributed by atoms with E-state index in [0.717, 1.165) is 12.8 Å². The van der Waals surface area contributed by atoms with E-state index in [0.29, 0.717) is 17.7 Å². The van der Waals surface area contributed by atoms with Gasteiger partial charge < -0.3 is 9.84 Å². The molecule has 5 nitrogen and oxygen atoms in total. The summed E-state index contributed by atoms with van der Waals surface area (Å²) in [6.45, 7) is 2.21. The van der Waals surface area contributed by atoms with Crippen molar-refractivity contribution in [2.45, 2.75) is 69.6 Å². The molecule has 0 bridgehead atoms. The van der Waals surface area contributed by atoms with Crippen LogP contribution in [0.5, 0.6) is 17.2 Å². The maximum atomic E-state index is 11.3. The number of benzene rings is 2. The largest absolute Gasteiger partial charge is 0.508 e. The second kappa shape index (κ2) is 11.1. The third-order valence-corrected chi connectivity index (χ3v) is 5.57. The summed E-state index contributed by atoms with van der Waals surface area (Å²) in [4.78, 5) is -0.227. The summed E-state index contributed by atoms with van der Waals surface area (Å²) < 4.78 is 37.6. The molecular weight excluding hydrogens is 376 g/mol. The number of phenolic OH excluding ortho intramolecular Hbond substituents is 1. The van der Waals surface area contributed by atoms with Gasteiger partial charge >= 0.3 is 0 Å². The molecule has 28 heavy (non-hydrogen) atoms. The molecular formula is C22H30O5S. The highest BCUT2D eigenvalue weighted by Gasteiger charge is 2.13. The Kier molecular flexibility index (Phi) is 8.80. The normalized spacial score (nSPS) is 11.5. The van der Waals surface area contributed by atoms with Crippen LogP contribution in [0.25, 0.3) is 0 Å². The highest BCUT2D eigenvalue weighted by molar-refractivity contribution is 7.85. The van der Waals surface area contributed by atoms with Gasteiger partial charge in [-0.15, -0.1) is 0 Å². The van der Waals surface area contributed by atoms with Crippen LogP contribution < -0.4 is 4.74 Å². The molecule has 2 N–H and O–H groups in total. The Morgan fingerprint density at radius 1 is 0.893 bits per heavy atom. The Hall–Kier alpha value is -2.05. The summed E-state index contributed by atoms with van der Waals surface area (Å²) in [5.74, 6) is 0.958. The maximum Gasteiger partial charge on any atom is 0.294 e. The fraction of sp³-hybridized carbons (Fsp3) is 0.455. The zero-order valence-electron chi connectivity index (χ0n) is 16.4. The smallest absolute Gasteiger partial charge is 0.294 e. The van der Waals surface area contributed by atoms with Crippen molar-refractivity contribution in [3.05, 3.63) is 48.0 Å². The lowest BCUT2D eigenvalue weighted by molar-refractivity contribution is 0.439. The molecule has 0 unspecified atom stereocenters. The Bertz CT molecular complexity index is 846. The van der Waals surface area contributed by atoms with Crippen LogP contribution in [0, 0.1) is 0 Å². The van der Waals surface area contributed by atoms with Crippen LogP contribution in [0.4, 0.5) is 0 Å². The summed E-state index contributed by atoms with van der Waals surface area (Å²) in [7, 11) is -4.29. The van der Waals surface area contributed by atoms with E-state index in [1.807, 2.05) is 0 Å². The Labute approximate surface area is 168 Å². The molecule has 0 atom stereocenters. The van der Waals surface area contributed by atoms with Crippen LogP contribution in [-0.4, -0.2) is 18.1 Å². The first-order chi connectivity index (χ1) is 13.4. The lowest BCUT2D eigenvalue weighted by atomic mass is 10.0. The molecule has 0 aliphatic heterocycles. The van der Waals surface area contributed by atoms with Gasteiger partial charge in [-0.05, 0) is 37.1 Å². The van der Waals surface area contributed by atoms with Gasteiger partial charge in [0, 0.05) is 11.6 Å². The molecule has 0 aromatic heterocycles. The first-order valence-electron chi connectivity index (χ1n) is 9.98. The van der Waals surface area contributed by atoms with Crippen molar-refractivity contribution < 1.29 is 22.8 Å². The molecule has 2 aromatic carbocycles. The topological polar surface area (TPSA) is 83.8 Å². The molecule has 0 radical (unpaired) electrons. The average molecular weight is 407 g/mol. The zero-order chi connectivity index (χ0) is 20.4. The molecule has 0 spiro atoms.